The van der Waals surface area contributed by atoms with Crippen LogP contribution in [0.3, 0.4) is 0 Å². The maximum absolute atomic E-state index is 5.96. The minimum absolute atomic E-state index is 0.0646. The van der Waals surface area contributed by atoms with Gasteiger partial charge in [-0.3, -0.25) is 0 Å². The summed E-state index contributed by atoms with van der Waals surface area (Å²) in [6.07, 6.45) is 2.20. The fraction of sp³-hybridized carbons (Fsp3) is 0.636. The van der Waals surface area contributed by atoms with Crippen molar-refractivity contribution >= 4 is 5.82 Å². The molecule has 2 atom stereocenters. The van der Waals surface area contributed by atoms with Gasteiger partial charge in [-0.2, -0.15) is 0 Å². The molecular weight excluding hydrogens is 174 g/mol. The molecule has 2 rings (SSSR count). The predicted octanol–water partition coefficient (Wildman–Crippen LogP) is 2.06. The van der Waals surface area contributed by atoms with Gasteiger partial charge in [0.05, 0.1) is 6.17 Å². The van der Waals surface area contributed by atoms with Gasteiger partial charge in [-0.15, -0.1) is 0 Å². The first-order valence-corrected chi connectivity index (χ1v) is 5.15. The minimum atomic E-state index is 0.0646. The highest BCUT2D eigenvalue weighted by molar-refractivity contribution is 5.55. The van der Waals surface area contributed by atoms with Gasteiger partial charge in [0.25, 0.3) is 0 Å². The largest absolute Gasteiger partial charge is 0.356 e. The molecule has 1 aliphatic rings. The summed E-state index contributed by atoms with van der Waals surface area (Å²) in [6.45, 7) is 8.76. The van der Waals surface area contributed by atoms with Crippen molar-refractivity contribution in [2.24, 2.45) is 5.73 Å². The summed E-state index contributed by atoms with van der Waals surface area (Å²) < 4.78 is 2.26. The molecule has 3 heteroatoms. The number of anilines is 1. The summed E-state index contributed by atoms with van der Waals surface area (Å²) in [4.78, 5) is 0. The van der Waals surface area contributed by atoms with E-state index in [-0.39, 0.29) is 11.7 Å². The van der Waals surface area contributed by atoms with E-state index >= 15 is 0 Å². The Kier molecular flexibility index (Phi) is 1.89. The van der Waals surface area contributed by atoms with E-state index in [1.54, 1.807) is 0 Å². The van der Waals surface area contributed by atoms with E-state index in [2.05, 4.69) is 49.8 Å². The third-order valence-electron chi connectivity index (χ3n) is 2.97. The van der Waals surface area contributed by atoms with Crippen LogP contribution in [0.4, 0.5) is 5.82 Å². The molecule has 0 saturated heterocycles. The molecule has 0 spiro atoms. The SMILES string of the molecule is CC1c2ccn(C(C)(C)C)c2NC1N. The van der Waals surface area contributed by atoms with Crippen LogP contribution in [0.15, 0.2) is 12.3 Å². The molecule has 0 radical (unpaired) electrons. The summed E-state index contributed by atoms with van der Waals surface area (Å²) in [5, 5.41) is 3.34. The molecule has 3 N–H and O–H groups in total. The molecule has 0 fully saturated rings. The molecule has 2 unspecified atom stereocenters. The maximum Gasteiger partial charge on any atom is 0.111 e. The van der Waals surface area contributed by atoms with Crippen LogP contribution in [0.5, 0.6) is 0 Å². The topological polar surface area (TPSA) is 43.0 Å². The average Bonchev–Trinajstić information content (AvgIpc) is 2.54. The molecule has 78 valence electrons. The molecule has 0 aliphatic carbocycles. The number of hydrogen-bond donors (Lipinski definition) is 2. The van der Waals surface area contributed by atoms with E-state index < -0.39 is 0 Å². The molecule has 1 aliphatic heterocycles. The molecule has 0 saturated carbocycles. The Balaban J connectivity index is 2.46. The highest BCUT2D eigenvalue weighted by Crippen LogP contribution is 2.37. The lowest BCUT2D eigenvalue weighted by atomic mass is 10.1. The number of fused-ring (bicyclic) bond motifs is 1. The zero-order chi connectivity index (χ0) is 10.5. The highest BCUT2D eigenvalue weighted by Gasteiger charge is 2.30. The number of nitrogens with zero attached hydrogens (tertiary/aromatic N) is 1. The summed E-state index contributed by atoms with van der Waals surface area (Å²) in [7, 11) is 0. The van der Waals surface area contributed by atoms with Gasteiger partial charge in [-0.05, 0) is 26.8 Å². The second kappa shape index (κ2) is 2.76. The van der Waals surface area contributed by atoms with Crippen LogP contribution >= 0.6 is 0 Å². The van der Waals surface area contributed by atoms with Crippen LogP contribution in [0.2, 0.25) is 0 Å². The molecule has 1 aromatic heterocycles. The van der Waals surface area contributed by atoms with E-state index in [0.29, 0.717) is 5.92 Å². The normalized spacial score (nSPS) is 26.1. The molecule has 3 nitrogen and oxygen atoms in total. The van der Waals surface area contributed by atoms with Crippen LogP contribution in [0.1, 0.15) is 39.2 Å². The van der Waals surface area contributed by atoms with Crippen molar-refractivity contribution in [3.8, 4) is 0 Å². The first-order valence-electron chi connectivity index (χ1n) is 5.15. The van der Waals surface area contributed by atoms with Crippen molar-refractivity contribution in [2.75, 3.05) is 5.32 Å². The van der Waals surface area contributed by atoms with E-state index in [4.69, 9.17) is 5.73 Å². The van der Waals surface area contributed by atoms with Crippen LogP contribution in [-0.4, -0.2) is 10.7 Å². The van der Waals surface area contributed by atoms with E-state index in [0.717, 1.165) is 0 Å². The molecule has 0 bridgehead atoms. The first kappa shape index (κ1) is 9.59. The van der Waals surface area contributed by atoms with Gasteiger partial charge >= 0.3 is 0 Å². The van der Waals surface area contributed by atoms with Gasteiger partial charge in [0.1, 0.15) is 5.82 Å². The second-order valence-corrected chi connectivity index (χ2v) is 5.12. The van der Waals surface area contributed by atoms with E-state index in [9.17, 15) is 0 Å². The molecular formula is C11H19N3. The third kappa shape index (κ3) is 1.23. The minimum Gasteiger partial charge on any atom is -0.356 e. The quantitative estimate of drug-likeness (QED) is 0.662. The monoisotopic (exact) mass is 193 g/mol. The molecule has 2 heterocycles. The fourth-order valence-corrected chi connectivity index (χ4v) is 2.00. The van der Waals surface area contributed by atoms with Crippen molar-refractivity contribution in [1.29, 1.82) is 0 Å². The van der Waals surface area contributed by atoms with E-state index in [1.165, 1.54) is 11.4 Å². The first-order chi connectivity index (χ1) is 6.41. The second-order valence-electron chi connectivity index (χ2n) is 5.12. The lowest BCUT2D eigenvalue weighted by Gasteiger charge is -2.24. The van der Waals surface area contributed by atoms with Gasteiger partial charge in [0, 0.05) is 23.2 Å². The Morgan fingerprint density at radius 3 is 2.64 bits per heavy atom. The van der Waals surface area contributed by atoms with Crippen molar-refractivity contribution in [1.82, 2.24) is 4.57 Å². The molecule has 1 aromatic rings. The van der Waals surface area contributed by atoms with Crippen molar-refractivity contribution in [3.63, 3.8) is 0 Å². The Morgan fingerprint density at radius 1 is 1.43 bits per heavy atom. The van der Waals surface area contributed by atoms with Crippen LogP contribution in [-0.2, 0) is 5.54 Å². The Hall–Kier alpha value is -0.960. The van der Waals surface area contributed by atoms with Gasteiger partial charge in [0.2, 0.25) is 0 Å². The lowest BCUT2D eigenvalue weighted by molar-refractivity contribution is 0.403. The van der Waals surface area contributed by atoms with Gasteiger partial charge < -0.3 is 15.6 Å². The summed E-state index contributed by atoms with van der Waals surface area (Å²) in [6, 6.07) is 2.17. The zero-order valence-electron chi connectivity index (χ0n) is 9.33. The van der Waals surface area contributed by atoms with Crippen molar-refractivity contribution in [3.05, 3.63) is 17.8 Å². The molecule has 14 heavy (non-hydrogen) atoms. The van der Waals surface area contributed by atoms with Gasteiger partial charge in [0.15, 0.2) is 0 Å². The van der Waals surface area contributed by atoms with Crippen molar-refractivity contribution in [2.45, 2.75) is 45.3 Å². The number of nitrogens with one attached hydrogen (secondary N) is 1. The number of rotatable bonds is 0. The van der Waals surface area contributed by atoms with Gasteiger partial charge in [-0.1, -0.05) is 6.92 Å². The maximum atomic E-state index is 5.96. The zero-order valence-corrected chi connectivity index (χ0v) is 9.33. The Labute approximate surface area is 85.3 Å². The standard InChI is InChI=1S/C11H19N3/c1-7-8-5-6-14(11(2,3)4)10(8)13-9(7)12/h5-7,9,13H,12H2,1-4H3. The summed E-state index contributed by atoms with van der Waals surface area (Å²) in [5.41, 5.74) is 7.42. The Bertz CT molecular complexity index is 346. The average molecular weight is 193 g/mol. The number of nitrogens with two attached hydrogens (primary N) is 1. The molecule has 0 amide bonds. The number of aromatic nitrogens is 1. The summed E-state index contributed by atoms with van der Waals surface area (Å²) in [5.74, 6) is 1.60. The fourth-order valence-electron chi connectivity index (χ4n) is 2.00. The third-order valence-corrected chi connectivity index (χ3v) is 2.97. The van der Waals surface area contributed by atoms with Crippen LogP contribution < -0.4 is 11.1 Å². The highest BCUT2D eigenvalue weighted by atomic mass is 15.2. The van der Waals surface area contributed by atoms with Gasteiger partial charge in [-0.25, -0.2) is 0 Å². The summed E-state index contributed by atoms with van der Waals surface area (Å²) >= 11 is 0. The lowest BCUT2D eigenvalue weighted by Crippen LogP contribution is -2.31. The smallest absolute Gasteiger partial charge is 0.111 e. The molecule has 0 aromatic carbocycles. The van der Waals surface area contributed by atoms with E-state index in [1.807, 2.05) is 0 Å². The predicted molar refractivity (Wildman–Crippen MR) is 59.4 cm³/mol. The van der Waals surface area contributed by atoms with Crippen LogP contribution in [0.25, 0.3) is 0 Å². The van der Waals surface area contributed by atoms with Crippen LogP contribution in [0, 0.1) is 0 Å². The van der Waals surface area contributed by atoms with Crippen molar-refractivity contribution < 1.29 is 0 Å². The Morgan fingerprint density at radius 2 is 2.07 bits per heavy atom. The number of hydrogen-bond acceptors (Lipinski definition) is 2.